The molecular weight excluding hydrogens is 204 g/mol. The van der Waals surface area contributed by atoms with Gasteiger partial charge in [0, 0.05) is 40.2 Å². The van der Waals surface area contributed by atoms with E-state index in [-0.39, 0.29) is 12.0 Å². The molecule has 0 aromatic heterocycles. The lowest BCUT2D eigenvalue weighted by Crippen LogP contribution is -2.48. The van der Waals surface area contributed by atoms with Gasteiger partial charge in [0.15, 0.2) is 0 Å². The molecule has 0 saturated carbocycles. The van der Waals surface area contributed by atoms with Gasteiger partial charge >= 0.3 is 0 Å². The van der Waals surface area contributed by atoms with Gasteiger partial charge in [0.25, 0.3) is 0 Å². The lowest BCUT2D eigenvalue weighted by atomic mass is 10.1. The molecule has 1 amide bonds. The van der Waals surface area contributed by atoms with Crippen LogP contribution in [0.25, 0.3) is 0 Å². The van der Waals surface area contributed by atoms with E-state index in [0.717, 1.165) is 26.2 Å². The number of hydrogen-bond acceptors (Lipinski definition) is 3. The van der Waals surface area contributed by atoms with Crippen LogP contribution in [0.1, 0.15) is 20.8 Å². The fourth-order valence-electron chi connectivity index (χ4n) is 2.01. The zero-order valence-electron chi connectivity index (χ0n) is 10.9. The van der Waals surface area contributed by atoms with Gasteiger partial charge < -0.3 is 9.64 Å². The quantitative estimate of drug-likeness (QED) is 0.714. The topological polar surface area (TPSA) is 32.8 Å². The van der Waals surface area contributed by atoms with Gasteiger partial charge in [0.2, 0.25) is 5.91 Å². The van der Waals surface area contributed by atoms with Crippen molar-refractivity contribution in [1.29, 1.82) is 0 Å². The molecule has 0 bridgehead atoms. The summed E-state index contributed by atoms with van der Waals surface area (Å²) in [5.74, 6) is 0.786. The summed E-state index contributed by atoms with van der Waals surface area (Å²) in [5, 5.41) is 0. The van der Waals surface area contributed by atoms with Crippen molar-refractivity contribution in [2.45, 2.75) is 26.9 Å². The number of carbonyl (C=O) groups excluding carboxylic acids is 1. The van der Waals surface area contributed by atoms with Crippen molar-refractivity contribution in [3.8, 4) is 0 Å². The number of rotatable bonds is 4. The average Bonchev–Trinajstić information content (AvgIpc) is 2.16. The Morgan fingerprint density at radius 2 is 2.25 bits per heavy atom. The maximum Gasteiger partial charge on any atom is 0.219 e. The first kappa shape index (κ1) is 13.5. The third-order valence-electron chi connectivity index (χ3n) is 2.86. The Morgan fingerprint density at radius 3 is 2.81 bits per heavy atom. The first-order valence-electron chi connectivity index (χ1n) is 6.04. The van der Waals surface area contributed by atoms with E-state index in [1.54, 1.807) is 11.8 Å². The van der Waals surface area contributed by atoms with Crippen molar-refractivity contribution in [3.63, 3.8) is 0 Å². The maximum absolute atomic E-state index is 11.1. The van der Waals surface area contributed by atoms with Crippen LogP contribution in [0.5, 0.6) is 0 Å². The second-order valence-electron chi connectivity index (χ2n) is 5.05. The summed E-state index contributed by atoms with van der Waals surface area (Å²) in [6, 6.07) is 0. The number of ether oxygens (including phenoxy) is 1. The van der Waals surface area contributed by atoms with Gasteiger partial charge in [-0.1, -0.05) is 13.8 Å². The summed E-state index contributed by atoms with van der Waals surface area (Å²) < 4.78 is 5.68. The van der Waals surface area contributed by atoms with Crippen LogP contribution in [0.15, 0.2) is 0 Å². The minimum Gasteiger partial charge on any atom is -0.374 e. The molecule has 0 aromatic rings. The van der Waals surface area contributed by atoms with Gasteiger partial charge in [0.1, 0.15) is 0 Å². The highest BCUT2D eigenvalue weighted by Crippen LogP contribution is 2.08. The zero-order chi connectivity index (χ0) is 12.1. The number of amides is 1. The van der Waals surface area contributed by atoms with Gasteiger partial charge in [-0.05, 0) is 5.92 Å². The molecule has 16 heavy (non-hydrogen) atoms. The van der Waals surface area contributed by atoms with Gasteiger partial charge in [-0.3, -0.25) is 9.69 Å². The molecule has 1 aliphatic rings. The number of morpholine rings is 1. The third-order valence-corrected chi connectivity index (χ3v) is 2.86. The van der Waals surface area contributed by atoms with Crippen molar-refractivity contribution >= 4 is 5.91 Å². The van der Waals surface area contributed by atoms with Crippen molar-refractivity contribution in [2.75, 3.05) is 39.8 Å². The molecule has 0 aromatic carbocycles. The number of carbonyl (C=O) groups is 1. The fraction of sp³-hybridized carbons (Fsp3) is 0.917. The van der Waals surface area contributed by atoms with Gasteiger partial charge in [-0.25, -0.2) is 0 Å². The van der Waals surface area contributed by atoms with E-state index in [1.165, 1.54) is 0 Å². The Balaban J connectivity index is 2.35. The largest absolute Gasteiger partial charge is 0.374 e. The molecule has 0 N–H and O–H groups in total. The number of likely N-dealkylation sites (N-methyl/N-ethyl adjacent to an activating group) is 1. The summed E-state index contributed by atoms with van der Waals surface area (Å²) in [6.07, 6.45) is 0.168. The molecule has 0 spiro atoms. The highest BCUT2D eigenvalue weighted by Gasteiger charge is 2.22. The van der Waals surface area contributed by atoms with Gasteiger partial charge in [-0.15, -0.1) is 0 Å². The Hall–Kier alpha value is -0.610. The zero-order valence-corrected chi connectivity index (χ0v) is 10.9. The summed E-state index contributed by atoms with van der Waals surface area (Å²) in [4.78, 5) is 15.3. The lowest BCUT2D eigenvalue weighted by Gasteiger charge is -2.35. The highest BCUT2D eigenvalue weighted by molar-refractivity contribution is 5.72. The standard InChI is InChI=1S/C12H24N2O2/c1-10(2)7-14-5-6-16-12(9-14)8-13(4)11(3)15/h10,12H,5-9H2,1-4H3/t12-/m1/s1. The van der Waals surface area contributed by atoms with Crippen LogP contribution in [-0.2, 0) is 9.53 Å². The fourth-order valence-corrected chi connectivity index (χ4v) is 2.01. The van der Waals surface area contributed by atoms with Crippen molar-refractivity contribution in [3.05, 3.63) is 0 Å². The Kier molecular flexibility index (Phi) is 5.22. The average molecular weight is 228 g/mol. The molecule has 0 aliphatic carbocycles. The van der Waals surface area contributed by atoms with Crippen molar-refractivity contribution in [1.82, 2.24) is 9.80 Å². The van der Waals surface area contributed by atoms with Crippen LogP contribution in [0, 0.1) is 5.92 Å². The summed E-state index contributed by atoms with van der Waals surface area (Å²) in [5.41, 5.74) is 0. The minimum absolute atomic E-state index is 0.101. The molecule has 1 heterocycles. The summed E-state index contributed by atoms with van der Waals surface area (Å²) in [6.45, 7) is 10.6. The summed E-state index contributed by atoms with van der Waals surface area (Å²) >= 11 is 0. The first-order valence-corrected chi connectivity index (χ1v) is 6.04. The normalized spacial score (nSPS) is 22.4. The minimum atomic E-state index is 0.101. The van der Waals surface area contributed by atoms with Gasteiger partial charge in [0.05, 0.1) is 12.7 Å². The first-order chi connectivity index (χ1) is 7.49. The lowest BCUT2D eigenvalue weighted by molar-refractivity contribution is -0.130. The predicted molar refractivity (Wildman–Crippen MR) is 64.3 cm³/mol. The maximum atomic E-state index is 11.1. The third kappa shape index (κ3) is 4.49. The monoisotopic (exact) mass is 228 g/mol. The highest BCUT2D eigenvalue weighted by atomic mass is 16.5. The molecule has 4 nitrogen and oxygen atoms in total. The van der Waals surface area contributed by atoms with Gasteiger partial charge in [-0.2, -0.15) is 0 Å². The molecule has 1 aliphatic heterocycles. The second kappa shape index (κ2) is 6.21. The van der Waals surface area contributed by atoms with E-state index in [9.17, 15) is 4.79 Å². The molecule has 0 radical (unpaired) electrons. The Morgan fingerprint density at radius 1 is 1.56 bits per heavy atom. The van der Waals surface area contributed by atoms with E-state index in [4.69, 9.17) is 4.74 Å². The van der Waals surface area contributed by atoms with Crippen molar-refractivity contribution < 1.29 is 9.53 Å². The second-order valence-corrected chi connectivity index (χ2v) is 5.05. The Labute approximate surface area is 98.5 Å². The number of hydrogen-bond donors (Lipinski definition) is 0. The van der Waals surface area contributed by atoms with Crippen LogP contribution in [0.3, 0.4) is 0 Å². The molecule has 1 fully saturated rings. The SMILES string of the molecule is CC(=O)N(C)C[C@@H]1CN(CC(C)C)CCO1. The van der Waals surface area contributed by atoms with Crippen LogP contribution in [-0.4, -0.2) is 61.6 Å². The molecule has 94 valence electrons. The van der Waals surface area contributed by atoms with Crippen LogP contribution in [0.2, 0.25) is 0 Å². The van der Waals surface area contributed by atoms with Crippen LogP contribution < -0.4 is 0 Å². The molecule has 0 unspecified atom stereocenters. The smallest absolute Gasteiger partial charge is 0.219 e. The molecular formula is C12H24N2O2. The number of nitrogens with zero attached hydrogens (tertiary/aromatic N) is 2. The van der Waals surface area contributed by atoms with E-state index in [0.29, 0.717) is 12.5 Å². The van der Waals surface area contributed by atoms with E-state index in [1.807, 2.05) is 7.05 Å². The molecule has 4 heteroatoms. The molecule has 1 saturated heterocycles. The van der Waals surface area contributed by atoms with E-state index >= 15 is 0 Å². The summed E-state index contributed by atoms with van der Waals surface area (Å²) in [7, 11) is 1.83. The molecule has 1 rings (SSSR count). The molecule has 1 atom stereocenters. The van der Waals surface area contributed by atoms with Crippen LogP contribution in [0.4, 0.5) is 0 Å². The van der Waals surface area contributed by atoms with E-state index in [2.05, 4.69) is 18.7 Å². The van der Waals surface area contributed by atoms with Crippen LogP contribution >= 0.6 is 0 Å². The Bertz CT molecular complexity index is 231. The van der Waals surface area contributed by atoms with E-state index < -0.39 is 0 Å². The predicted octanol–water partition coefficient (Wildman–Crippen LogP) is 0.821. The van der Waals surface area contributed by atoms with Crippen molar-refractivity contribution in [2.24, 2.45) is 5.92 Å².